The standard InChI is InChI=1S/C28H26ClN5O2S2/c1-4-34-26(18(3)36-22-7-5-6-20(29)15-22)32-33-28(34)37-16-25(35)30-21-11-9-19(10-12-21)27-31-23-13-8-17(2)14-24(23)38-27/h5-15,18H,4,16H2,1-3H3,(H,30,35). The summed E-state index contributed by atoms with van der Waals surface area (Å²) in [5, 5.41) is 13.8. The number of anilines is 1. The molecule has 1 amide bonds. The molecule has 2 heterocycles. The first-order valence-electron chi connectivity index (χ1n) is 12.1. The van der Waals surface area contributed by atoms with Crippen LogP contribution in [0.25, 0.3) is 20.8 Å². The van der Waals surface area contributed by atoms with Crippen molar-refractivity contribution in [3.63, 3.8) is 0 Å². The van der Waals surface area contributed by atoms with Gasteiger partial charge in [-0.1, -0.05) is 35.5 Å². The van der Waals surface area contributed by atoms with E-state index >= 15 is 0 Å². The predicted octanol–water partition coefficient (Wildman–Crippen LogP) is 7.41. The second kappa shape index (κ2) is 11.6. The van der Waals surface area contributed by atoms with E-state index in [9.17, 15) is 4.79 Å². The summed E-state index contributed by atoms with van der Waals surface area (Å²) in [6, 6.07) is 21.3. The van der Waals surface area contributed by atoms with Gasteiger partial charge < -0.3 is 14.6 Å². The molecule has 0 aliphatic carbocycles. The van der Waals surface area contributed by atoms with Crippen LogP contribution in [0.2, 0.25) is 5.02 Å². The van der Waals surface area contributed by atoms with Crippen molar-refractivity contribution in [2.24, 2.45) is 0 Å². The van der Waals surface area contributed by atoms with Crippen molar-refractivity contribution in [1.29, 1.82) is 0 Å². The van der Waals surface area contributed by atoms with Gasteiger partial charge in [0.2, 0.25) is 5.91 Å². The van der Waals surface area contributed by atoms with Crippen molar-refractivity contribution in [2.45, 2.75) is 38.6 Å². The molecule has 10 heteroatoms. The average Bonchev–Trinajstić information content (AvgIpc) is 3.51. The second-order valence-electron chi connectivity index (χ2n) is 8.71. The molecule has 5 aromatic rings. The van der Waals surface area contributed by atoms with Crippen LogP contribution in [0.3, 0.4) is 0 Å². The van der Waals surface area contributed by atoms with E-state index in [1.807, 2.05) is 60.9 Å². The molecule has 1 atom stereocenters. The van der Waals surface area contributed by atoms with Gasteiger partial charge in [-0.15, -0.1) is 21.5 Å². The largest absolute Gasteiger partial charge is 0.483 e. The zero-order chi connectivity index (χ0) is 26.6. The topological polar surface area (TPSA) is 81.9 Å². The summed E-state index contributed by atoms with van der Waals surface area (Å²) in [7, 11) is 0. The SMILES string of the molecule is CCn1c(SCC(=O)Nc2ccc(-c3nc4ccc(C)cc4s3)cc2)nnc1C(C)Oc1cccc(Cl)c1. The van der Waals surface area contributed by atoms with Gasteiger partial charge >= 0.3 is 0 Å². The Morgan fingerprint density at radius 2 is 1.95 bits per heavy atom. The summed E-state index contributed by atoms with van der Waals surface area (Å²) in [4.78, 5) is 17.4. The lowest BCUT2D eigenvalue weighted by atomic mass is 10.2. The molecule has 194 valence electrons. The fourth-order valence-corrected chi connectivity index (χ4v) is 6.04. The highest BCUT2D eigenvalue weighted by molar-refractivity contribution is 7.99. The Labute approximate surface area is 234 Å². The summed E-state index contributed by atoms with van der Waals surface area (Å²) in [6.45, 7) is 6.66. The molecular formula is C28H26ClN5O2S2. The van der Waals surface area contributed by atoms with Gasteiger partial charge in [0.15, 0.2) is 17.1 Å². The van der Waals surface area contributed by atoms with E-state index in [1.165, 1.54) is 22.0 Å². The fraction of sp³-hybridized carbons (Fsp3) is 0.214. The number of halogens is 1. The molecule has 0 radical (unpaired) electrons. The molecule has 0 saturated carbocycles. The molecule has 1 unspecified atom stereocenters. The predicted molar refractivity (Wildman–Crippen MR) is 155 cm³/mol. The number of nitrogens with one attached hydrogen (secondary N) is 1. The lowest BCUT2D eigenvalue weighted by molar-refractivity contribution is -0.113. The molecule has 0 spiro atoms. The van der Waals surface area contributed by atoms with Crippen molar-refractivity contribution in [2.75, 3.05) is 11.1 Å². The zero-order valence-electron chi connectivity index (χ0n) is 21.1. The maximum atomic E-state index is 12.7. The van der Waals surface area contributed by atoms with E-state index in [1.54, 1.807) is 23.5 Å². The van der Waals surface area contributed by atoms with E-state index in [0.717, 1.165) is 21.8 Å². The molecule has 3 aromatic carbocycles. The van der Waals surface area contributed by atoms with Crippen molar-refractivity contribution in [3.8, 4) is 16.3 Å². The molecule has 0 aliphatic heterocycles. The van der Waals surface area contributed by atoms with Crippen molar-refractivity contribution >= 4 is 56.5 Å². The number of fused-ring (bicyclic) bond motifs is 1. The fourth-order valence-electron chi connectivity index (χ4n) is 3.98. The minimum absolute atomic E-state index is 0.117. The third kappa shape index (κ3) is 6.01. The minimum atomic E-state index is -0.331. The summed E-state index contributed by atoms with van der Waals surface area (Å²) in [5.74, 6) is 1.44. The van der Waals surface area contributed by atoms with Crippen LogP contribution in [0.1, 0.15) is 31.3 Å². The third-order valence-corrected chi connectivity index (χ3v) is 8.10. The Morgan fingerprint density at radius 3 is 2.71 bits per heavy atom. The Bertz CT molecular complexity index is 1580. The minimum Gasteiger partial charge on any atom is -0.483 e. The van der Waals surface area contributed by atoms with Gasteiger partial charge in [0.25, 0.3) is 0 Å². The van der Waals surface area contributed by atoms with Crippen LogP contribution < -0.4 is 10.1 Å². The van der Waals surface area contributed by atoms with E-state index in [-0.39, 0.29) is 17.8 Å². The highest BCUT2D eigenvalue weighted by atomic mass is 35.5. The maximum absolute atomic E-state index is 12.7. The summed E-state index contributed by atoms with van der Waals surface area (Å²) in [6.07, 6.45) is -0.331. The molecule has 38 heavy (non-hydrogen) atoms. The number of thiazole rings is 1. The number of nitrogens with zero attached hydrogens (tertiary/aromatic N) is 4. The Hall–Kier alpha value is -3.40. The summed E-state index contributed by atoms with van der Waals surface area (Å²) in [5.41, 5.74) is 3.97. The van der Waals surface area contributed by atoms with Crippen molar-refractivity contribution in [3.05, 3.63) is 83.1 Å². The second-order valence-corrected chi connectivity index (χ2v) is 11.1. The molecular weight excluding hydrogens is 538 g/mol. The van der Waals surface area contributed by atoms with E-state index in [4.69, 9.17) is 21.3 Å². The van der Waals surface area contributed by atoms with Crippen LogP contribution >= 0.6 is 34.7 Å². The highest BCUT2D eigenvalue weighted by Crippen LogP contribution is 2.31. The van der Waals surface area contributed by atoms with Gasteiger partial charge in [0.05, 0.1) is 16.0 Å². The Morgan fingerprint density at radius 1 is 1.13 bits per heavy atom. The number of carbonyl (C=O) groups is 1. The van der Waals surface area contributed by atoms with Gasteiger partial charge in [-0.25, -0.2) is 4.98 Å². The van der Waals surface area contributed by atoms with Crippen molar-refractivity contribution in [1.82, 2.24) is 19.7 Å². The number of aryl methyl sites for hydroxylation is 1. The van der Waals surface area contributed by atoms with Gasteiger partial charge in [-0.3, -0.25) is 4.79 Å². The first-order valence-corrected chi connectivity index (χ1v) is 14.3. The molecule has 0 bridgehead atoms. The lowest BCUT2D eigenvalue weighted by Gasteiger charge is -2.15. The van der Waals surface area contributed by atoms with Crippen LogP contribution in [0.15, 0.2) is 71.9 Å². The molecule has 0 aliphatic rings. The number of hydrogen-bond donors (Lipinski definition) is 1. The number of benzene rings is 3. The van der Waals surface area contributed by atoms with Crippen LogP contribution in [-0.4, -0.2) is 31.4 Å². The monoisotopic (exact) mass is 563 g/mol. The van der Waals surface area contributed by atoms with Crippen molar-refractivity contribution < 1.29 is 9.53 Å². The number of aromatic nitrogens is 4. The molecule has 7 nitrogen and oxygen atoms in total. The first kappa shape index (κ1) is 26.2. The van der Waals surface area contributed by atoms with Gasteiger partial charge in [0, 0.05) is 22.8 Å². The highest BCUT2D eigenvalue weighted by Gasteiger charge is 2.19. The Balaban J connectivity index is 1.19. The van der Waals surface area contributed by atoms with Gasteiger partial charge in [-0.2, -0.15) is 0 Å². The summed E-state index contributed by atoms with van der Waals surface area (Å²) < 4.78 is 9.13. The quantitative estimate of drug-likeness (QED) is 0.188. The number of ether oxygens (including phenoxy) is 1. The molecule has 0 fully saturated rings. The van der Waals surface area contributed by atoms with E-state index < -0.39 is 0 Å². The van der Waals surface area contributed by atoms with Crippen LogP contribution in [-0.2, 0) is 11.3 Å². The average molecular weight is 564 g/mol. The normalized spacial score (nSPS) is 12.0. The molecule has 1 N–H and O–H groups in total. The number of carbonyl (C=O) groups excluding carboxylic acids is 1. The number of rotatable bonds is 9. The van der Waals surface area contributed by atoms with Crippen LogP contribution in [0.4, 0.5) is 5.69 Å². The van der Waals surface area contributed by atoms with Crippen LogP contribution in [0, 0.1) is 6.92 Å². The lowest BCUT2D eigenvalue weighted by Crippen LogP contribution is -2.15. The first-order chi connectivity index (χ1) is 18.4. The molecule has 2 aromatic heterocycles. The smallest absolute Gasteiger partial charge is 0.234 e. The number of amides is 1. The summed E-state index contributed by atoms with van der Waals surface area (Å²) >= 11 is 9.07. The third-order valence-electron chi connectivity index (χ3n) is 5.83. The van der Waals surface area contributed by atoms with E-state index in [0.29, 0.717) is 28.3 Å². The maximum Gasteiger partial charge on any atom is 0.234 e. The number of thioether (sulfide) groups is 1. The molecule has 5 rings (SSSR count). The van der Waals surface area contributed by atoms with Gasteiger partial charge in [-0.05, 0) is 80.9 Å². The Kier molecular flexibility index (Phi) is 7.97. The van der Waals surface area contributed by atoms with E-state index in [2.05, 4.69) is 34.6 Å². The van der Waals surface area contributed by atoms with Gasteiger partial charge in [0.1, 0.15) is 10.8 Å². The molecule has 0 saturated heterocycles. The number of hydrogen-bond acceptors (Lipinski definition) is 7. The zero-order valence-corrected chi connectivity index (χ0v) is 23.5. The van der Waals surface area contributed by atoms with Crippen LogP contribution in [0.5, 0.6) is 5.75 Å².